The average Bonchev–Trinajstić information content (AvgIpc) is 3.28. The third-order valence-corrected chi connectivity index (χ3v) is 8.09. The van der Waals surface area contributed by atoms with E-state index in [1.165, 1.54) is 57.8 Å². The van der Waals surface area contributed by atoms with E-state index < -0.39 is 0 Å². The Morgan fingerprint density at radius 1 is 0.939 bits per heavy atom. The molecule has 0 spiro atoms. The van der Waals surface area contributed by atoms with Crippen LogP contribution in [0.1, 0.15) is 68.1 Å². The zero-order chi connectivity index (χ0) is 23.0. The van der Waals surface area contributed by atoms with Gasteiger partial charge in [-0.2, -0.15) is 0 Å². The lowest BCUT2D eigenvalue weighted by Crippen LogP contribution is -2.41. The second kappa shape index (κ2) is 12.4. The van der Waals surface area contributed by atoms with Crippen LogP contribution in [0.25, 0.3) is 0 Å². The number of rotatable bonds is 5. The van der Waals surface area contributed by atoms with Gasteiger partial charge in [0.2, 0.25) is 0 Å². The number of anilines is 1. The molecule has 178 valence electrons. The molecule has 4 rings (SSSR count). The molecule has 3 N–H and O–H groups in total. The zero-order valence-corrected chi connectivity index (χ0v) is 21.1. The van der Waals surface area contributed by atoms with Gasteiger partial charge in [-0.05, 0) is 55.3 Å². The highest BCUT2D eigenvalue weighted by Crippen LogP contribution is 2.31. The predicted octanol–water partition coefficient (Wildman–Crippen LogP) is 6.88. The van der Waals surface area contributed by atoms with Crippen molar-refractivity contribution < 1.29 is 4.79 Å². The van der Waals surface area contributed by atoms with Gasteiger partial charge in [-0.3, -0.25) is 9.69 Å². The molecule has 1 aliphatic heterocycles. The molecule has 5 nitrogen and oxygen atoms in total. The molecular weight excluding hydrogens is 475 g/mol. The van der Waals surface area contributed by atoms with Crippen LogP contribution in [0.3, 0.4) is 0 Å². The smallest absolute Gasteiger partial charge is 0.257 e. The van der Waals surface area contributed by atoms with Crippen molar-refractivity contribution in [1.82, 2.24) is 15.8 Å². The van der Waals surface area contributed by atoms with Gasteiger partial charge in [-0.25, -0.2) is 10.9 Å². The van der Waals surface area contributed by atoms with Crippen molar-refractivity contribution in [2.75, 3.05) is 12.0 Å². The van der Waals surface area contributed by atoms with Gasteiger partial charge in [0.1, 0.15) is 5.50 Å². The van der Waals surface area contributed by atoms with Crippen LogP contribution in [0.2, 0.25) is 10.0 Å². The molecular formula is C25H32Cl2N4OS. The minimum atomic E-state index is -0.272. The SMILES string of the molecule is O=C(Nc1ccc(SC2NNCN2C2CCCCCCCCC2)cc1)c1cc(Cl)ccc1Cl. The van der Waals surface area contributed by atoms with Gasteiger partial charge in [-0.1, -0.05) is 79.9 Å². The summed E-state index contributed by atoms with van der Waals surface area (Å²) in [6.07, 6.45) is 12.1. The fourth-order valence-electron chi connectivity index (χ4n) is 4.54. The number of hydrogen-bond acceptors (Lipinski definition) is 5. The highest BCUT2D eigenvalue weighted by atomic mass is 35.5. The van der Waals surface area contributed by atoms with Gasteiger partial charge in [0, 0.05) is 21.6 Å². The minimum Gasteiger partial charge on any atom is -0.322 e. The van der Waals surface area contributed by atoms with Gasteiger partial charge >= 0.3 is 0 Å². The van der Waals surface area contributed by atoms with Crippen molar-refractivity contribution in [3.63, 3.8) is 0 Å². The number of hydrogen-bond donors (Lipinski definition) is 3. The van der Waals surface area contributed by atoms with Crippen molar-refractivity contribution >= 4 is 46.6 Å². The van der Waals surface area contributed by atoms with Crippen molar-refractivity contribution in [2.24, 2.45) is 0 Å². The highest BCUT2D eigenvalue weighted by molar-refractivity contribution is 7.99. The fraction of sp³-hybridized carbons (Fsp3) is 0.480. The summed E-state index contributed by atoms with van der Waals surface area (Å²) in [6, 6.07) is 13.4. The first-order chi connectivity index (χ1) is 16.1. The quantitative estimate of drug-likeness (QED) is 0.412. The van der Waals surface area contributed by atoms with E-state index in [4.69, 9.17) is 23.2 Å². The van der Waals surface area contributed by atoms with Crippen LogP contribution in [0.4, 0.5) is 5.69 Å². The molecule has 2 aromatic carbocycles. The first-order valence-corrected chi connectivity index (χ1v) is 13.5. The van der Waals surface area contributed by atoms with Gasteiger partial charge < -0.3 is 5.32 Å². The molecule has 0 aromatic heterocycles. The molecule has 1 aliphatic carbocycles. The Morgan fingerprint density at radius 3 is 2.30 bits per heavy atom. The Morgan fingerprint density at radius 2 is 1.61 bits per heavy atom. The molecule has 1 unspecified atom stereocenters. The fourth-order valence-corrected chi connectivity index (χ4v) is 5.99. The van der Waals surface area contributed by atoms with E-state index >= 15 is 0 Å². The Kier molecular flexibility index (Phi) is 9.35. The van der Waals surface area contributed by atoms with E-state index in [1.54, 1.807) is 30.0 Å². The summed E-state index contributed by atoms with van der Waals surface area (Å²) in [5.74, 6) is -0.272. The first-order valence-electron chi connectivity index (χ1n) is 11.9. The predicted molar refractivity (Wildman–Crippen MR) is 139 cm³/mol. The molecule has 1 heterocycles. The second-order valence-corrected chi connectivity index (χ2v) is 10.8. The van der Waals surface area contributed by atoms with Crippen LogP contribution in [0.15, 0.2) is 47.4 Å². The summed E-state index contributed by atoms with van der Waals surface area (Å²) in [6.45, 7) is 0.872. The van der Waals surface area contributed by atoms with Gasteiger partial charge in [0.05, 0.1) is 17.3 Å². The molecule has 8 heteroatoms. The Balaban J connectivity index is 1.35. The Labute approximate surface area is 210 Å². The monoisotopic (exact) mass is 506 g/mol. The summed E-state index contributed by atoms with van der Waals surface area (Å²) in [5, 5.41) is 3.76. The molecule has 2 fully saturated rings. The molecule has 1 amide bonds. The van der Waals surface area contributed by atoms with Crippen LogP contribution in [0, 0.1) is 0 Å². The number of hydrazine groups is 1. The first kappa shape index (κ1) is 24.8. The maximum Gasteiger partial charge on any atom is 0.257 e. The van der Waals surface area contributed by atoms with Crippen LogP contribution >= 0.6 is 35.0 Å². The van der Waals surface area contributed by atoms with Crippen LogP contribution in [-0.4, -0.2) is 29.0 Å². The highest BCUT2D eigenvalue weighted by Gasteiger charge is 2.30. The molecule has 2 aromatic rings. The Bertz CT molecular complexity index is 917. The molecule has 1 atom stereocenters. The van der Waals surface area contributed by atoms with Gasteiger partial charge in [0.15, 0.2) is 0 Å². The largest absolute Gasteiger partial charge is 0.322 e. The second-order valence-electron chi connectivity index (χ2n) is 8.77. The molecule has 1 saturated heterocycles. The van der Waals surface area contributed by atoms with Crippen LogP contribution in [0.5, 0.6) is 0 Å². The number of amides is 1. The summed E-state index contributed by atoms with van der Waals surface area (Å²) in [4.78, 5) is 16.3. The molecule has 33 heavy (non-hydrogen) atoms. The van der Waals surface area contributed by atoms with Gasteiger partial charge in [-0.15, -0.1) is 0 Å². The Hall–Kier alpha value is -1.28. The van der Waals surface area contributed by atoms with Crippen molar-refractivity contribution in [2.45, 2.75) is 74.2 Å². The summed E-state index contributed by atoms with van der Waals surface area (Å²) in [5.41, 5.74) is 8.07. The number of nitrogens with one attached hydrogen (secondary N) is 3. The maximum absolute atomic E-state index is 12.6. The van der Waals surface area contributed by atoms with Crippen molar-refractivity contribution in [3.05, 3.63) is 58.1 Å². The lowest BCUT2D eigenvalue weighted by molar-refractivity contribution is 0.102. The topological polar surface area (TPSA) is 56.4 Å². The summed E-state index contributed by atoms with van der Waals surface area (Å²) < 4.78 is 0. The summed E-state index contributed by atoms with van der Waals surface area (Å²) >= 11 is 14.0. The van der Waals surface area contributed by atoms with Crippen molar-refractivity contribution in [1.29, 1.82) is 0 Å². The number of halogens is 2. The number of thioether (sulfide) groups is 1. The standard InChI is InChI=1S/C25H32Cl2N4OS/c26-18-10-15-23(27)22(16-18)24(32)29-19-11-13-21(14-12-19)33-25-30-28-17-31(25)20-8-6-4-2-1-3-5-7-9-20/h10-16,20,25,28,30H,1-9,17H2,(H,29,32). The molecule has 0 radical (unpaired) electrons. The number of nitrogens with zero attached hydrogens (tertiary/aromatic N) is 1. The van der Waals surface area contributed by atoms with Crippen molar-refractivity contribution in [3.8, 4) is 0 Å². The maximum atomic E-state index is 12.6. The normalized spacial score (nSPS) is 21.1. The van der Waals surface area contributed by atoms with Crippen LogP contribution < -0.4 is 16.2 Å². The van der Waals surface area contributed by atoms with E-state index in [-0.39, 0.29) is 11.4 Å². The van der Waals surface area contributed by atoms with E-state index in [1.807, 2.05) is 24.3 Å². The molecule has 2 aliphatic rings. The third kappa shape index (κ3) is 7.10. The van der Waals surface area contributed by atoms with Crippen LogP contribution in [-0.2, 0) is 0 Å². The number of carbonyl (C=O) groups is 1. The zero-order valence-electron chi connectivity index (χ0n) is 18.8. The van der Waals surface area contributed by atoms with E-state index in [0.717, 1.165) is 17.3 Å². The molecule has 0 bridgehead atoms. The minimum absolute atomic E-state index is 0.198. The van der Waals surface area contributed by atoms with E-state index in [9.17, 15) is 4.79 Å². The lowest BCUT2D eigenvalue weighted by atomic mass is 9.97. The van der Waals surface area contributed by atoms with Gasteiger partial charge in [0.25, 0.3) is 5.91 Å². The molecule has 1 saturated carbocycles. The number of benzene rings is 2. The van der Waals surface area contributed by atoms with E-state index in [0.29, 0.717) is 21.7 Å². The number of carbonyl (C=O) groups excluding carboxylic acids is 1. The third-order valence-electron chi connectivity index (χ3n) is 6.37. The van der Waals surface area contributed by atoms with E-state index in [2.05, 4.69) is 21.1 Å². The summed E-state index contributed by atoms with van der Waals surface area (Å²) in [7, 11) is 0. The average molecular weight is 508 g/mol. The lowest BCUT2D eigenvalue weighted by Gasteiger charge is -2.32.